The van der Waals surface area contributed by atoms with E-state index in [1.807, 2.05) is 25.3 Å². The summed E-state index contributed by atoms with van der Waals surface area (Å²) in [4.78, 5) is 17.7. The van der Waals surface area contributed by atoms with E-state index >= 15 is 0 Å². The highest BCUT2D eigenvalue weighted by molar-refractivity contribution is 5.68. The van der Waals surface area contributed by atoms with Gasteiger partial charge in [0.1, 0.15) is 17.2 Å². The zero-order valence-corrected chi connectivity index (χ0v) is 10.4. The molecule has 2 rings (SSSR count). The van der Waals surface area contributed by atoms with Crippen molar-refractivity contribution in [3.05, 3.63) is 12.0 Å². The van der Waals surface area contributed by atoms with Crippen molar-refractivity contribution in [3.8, 4) is 0 Å². The molecular formula is C11H18N4O2. The van der Waals surface area contributed by atoms with Gasteiger partial charge in [-0.1, -0.05) is 0 Å². The number of ether oxygens (including phenoxy) is 1. The molecular weight excluding hydrogens is 220 g/mol. The lowest BCUT2D eigenvalue weighted by Crippen LogP contribution is -2.41. The average Bonchev–Trinajstić information content (AvgIpc) is 2.53. The van der Waals surface area contributed by atoms with Crippen molar-refractivity contribution >= 4 is 11.9 Å². The fraction of sp³-hybridized carbons (Fsp3) is 0.636. The summed E-state index contributed by atoms with van der Waals surface area (Å²) in [5, 5.41) is 0. The van der Waals surface area contributed by atoms with Crippen LogP contribution in [0.1, 0.15) is 26.6 Å². The van der Waals surface area contributed by atoms with E-state index in [0.717, 1.165) is 5.82 Å². The van der Waals surface area contributed by atoms with E-state index in [0.29, 0.717) is 25.5 Å². The van der Waals surface area contributed by atoms with Gasteiger partial charge in [0.15, 0.2) is 0 Å². The van der Waals surface area contributed by atoms with Gasteiger partial charge >= 0.3 is 6.09 Å². The molecule has 0 radical (unpaired) electrons. The molecule has 6 nitrogen and oxygen atoms in total. The third kappa shape index (κ3) is 2.69. The van der Waals surface area contributed by atoms with Crippen molar-refractivity contribution in [2.24, 2.45) is 0 Å². The predicted molar refractivity (Wildman–Crippen MR) is 63.3 cm³/mol. The number of rotatable bonds is 0. The van der Waals surface area contributed by atoms with E-state index in [-0.39, 0.29) is 6.09 Å². The molecule has 0 spiro atoms. The van der Waals surface area contributed by atoms with E-state index < -0.39 is 5.60 Å². The Morgan fingerprint density at radius 2 is 2.18 bits per heavy atom. The van der Waals surface area contributed by atoms with Gasteiger partial charge in [-0.25, -0.2) is 9.78 Å². The number of fused-ring (bicyclic) bond motifs is 1. The Bertz CT molecular complexity index is 433. The molecule has 1 aromatic rings. The number of carbonyl (C=O) groups excluding carboxylic acids is 1. The molecule has 17 heavy (non-hydrogen) atoms. The second kappa shape index (κ2) is 3.94. The molecule has 0 aromatic carbocycles. The maximum Gasteiger partial charge on any atom is 0.410 e. The average molecular weight is 238 g/mol. The van der Waals surface area contributed by atoms with Crippen molar-refractivity contribution in [2.75, 3.05) is 12.3 Å². The first-order valence-electron chi connectivity index (χ1n) is 5.64. The Hall–Kier alpha value is -1.72. The van der Waals surface area contributed by atoms with E-state index in [2.05, 4.69) is 4.98 Å². The highest BCUT2D eigenvalue weighted by atomic mass is 16.6. The fourth-order valence-corrected chi connectivity index (χ4v) is 1.76. The second-order valence-electron chi connectivity index (χ2n) is 5.18. The maximum atomic E-state index is 11.9. The summed E-state index contributed by atoms with van der Waals surface area (Å²) in [7, 11) is 0. The van der Waals surface area contributed by atoms with Gasteiger partial charge in [0, 0.05) is 19.3 Å². The summed E-state index contributed by atoms with van der Waals surface area (Å²) in [5.41, 5.74) is 5.15. The molecule has 94 valence electrons. The smallest absolute Gasteiger partial charge is 0.410 e. The maximum absolute atomic E-state index is 11.9. The number of nitrogens with zero attached hydrogens (tertiary/aromatic N) is 3. The number of aromatic nitrogens is 2. The molecule has 0 bridgehead atoms. The summed E-state index contributed by atoms with van der Waals surface area (Å²) in [6.07, 6.45) is 1.49. The van der Waals surface area contributed by atoms with Crippen molar-refractivity contribution in [1.82, 2.24) is 14.5 Å². The Morgan fingerprint density at radius 3 is 2.82 bits per heavy atom. The molecule has 2 N–H and O–H groups in total. The fourth-order valence-electron chi connectivity index (χ4n) is 1.76. The number of amides is 1. The third-order valence-electron chi connectivity index (χ3n) is 2.47. The van der Waals surface area contributed by atoms with Gasteiger partial charge < -0.3 is 15.0 Å². The van der Waals surface area contributed by atoms with Gasteiger partial charge in [-0.05, 0) is 20.8 Å². The van der Waals surface area contributed by atoms with Crippen molar-refractivity contribution in [2.45, 2.75) is 39.5 Å². The molecule has 6 heteroatoms. The predicted octanol–water partition coefficient (Wildman–Crippen LogP) is 1.22. The van der Waals surface area contributed by atoms with Crippen LogP contribution >= 0.6 is 0 Å². The van der Waals surface area contributed by atoms with Crippen LogP contribution in [0, 0.1) is 0 Å². The van der Waals surface area contributed by atoms with E-state index in [4.69, 9.17) is 10.5 Å². The van der Waals surface area contributed by atoms with E-state index in [9.17, 15) is 4.79 Å². The summed E-state index contributed by atoms with van der Waals surface area (Å²) in [5.74, 6) is 1.30. The molecule has 0 unspecified atom stereocenters. The first-order valence-corrected chi connectivity index (χ1v) is 5.64. The standard InChI is InChI=1S/C11H18N4O2/c1-11(2,3)17-10(16)15-5-4-14-6-8(12)13-9(14)7-15/h6H,4-5,7,12H2,1-3H3. The molecule has 0 fully saturated rings. The van der Waals surface area contributed by atoms with Crippen LogP contribution in [-0.4, -0.2) is 32.7 Å². The Balaban J connectivity index is 2.05. The number of imidazole rings is 1. The highest BCUT2D eigenvalue weighted by Gasteiger charge is 2.26. The number of nitrogen functional groups attached to an aromatic ring is 1. The molecule has 2 heterocycles. The molecule has 1 aliphatic rings. The molecule has 1 aromatic heterocycles. The van der Waals surface area contributed by atoms with E-state index in [1.165, 1.54) is 0 Å². The molecule has 1 amide bonds. The number of carbonyl (C=O) groups is 1. The van der Waals surface area contributed by atoms with Crippen LogP contribution in [0.4, 0.5) is 10.6 Å². The third-order valence-corrected chi connectivity index (χ3v) is 2.47. The minimum Gasteiger partial charge on any atom is -0.444 e. The molecule has 0 atom stereocenters. The minimum absolute atomic E-state index is 0.301. The molecule has 0 saturated heterocycles. The van der Waals surface area contributed by atoms with Crippen LogP contribution < -0.4 is 5.73 Å². The lowest BCUT2D eigenvalue weighted by atomic mass is 10.2. The van der Waals surface area contributed by atoms with Gasteiger partial charge in [-0.2, -0.15) is 0 Å². The summed E-state index contributed by atoms with van der Waals surface area (Å²) in [6, 6.07) is 0. The number of hydrogen-bond donors (Lipinski definition) is 1. The highest BCUT2D eigenvalue weighted by Crippen LogP contribution is 2.17. The van der Waals surface area contributed by atoms with Gasteiger partial charge in [-0.15, -0.1) is 0 Å². The SMILES string of the molecule is CC(C)(C)OC(=O)N1CCn2cc(N)nc2C1. The zero-order chi connectivity index (χ0) is 12.6. The van der Waals surface area contributed by atoms with Crippen LogP contribution in [-0.2, 0) is 17.8 Å². The normalized spacial score (nSPS) is 15.6. The summed E-state index contributed by atoms with van der Waals surface area (Å²) < 4.78 is 7.29. The quantitative estimate of drug-likeness (QED) is 0.737. The molecule has 0 saturated carbocycles. The first kappa shape index (κ1) is 11.8. The van der Waals surface area contributed by atoms with Gasteiger partial charge in [0.25, 0.3) is 0 Å². The van der Waals surface area contributed by atoms with Crippen LogP contribution in [0.15, 0.2) is 6.20 Å². The van der Waals surface area contributed by atoms with Gasteiger partial charge in [0.05, 0.1) is 6.54 Å². The van der Waals surface area contributed by atoms with Gasteiger partial charge in [0.2, 0.25) is 0 Å². The van der Waals surface area contributed by atoms with Crippen LogP contribution in [0.3, 0.4) is 0 Å². The van der Waals surface area contributed by atoms with Crippen molar-refractivity contribution in [1.29, 1.82) is 0 Å². The van der Waals surface area contributed by atoms with Crippen LogP contribution in [0.2, 0.25) is 0 Å². The number of nitrogens with two attached hydrogens (primary N) is 1. The largest absolute Gasteiger partial charge is 0.444 e. The lowest BCUT2D eigenvalue weighted by molar-refractivity contribution is 0.0195. The van der Waals surface area contributed by atoms with E-state index in [1.54, 1.807) is 11.1 Å². The van der Waals surface area contributed by atoms with Crippen molar-refractivity contribution < 1.29 is 9.53 Å². The Morgan fingerprint density at radius 1 is 1.47 bits per heavy atom. The molecule has 0 aliphatic carbocycles. The second-order valence-corrected chi connectivity index (χ2v) is 5.18. The zero-order valence-electron chi connectivity index (χ0n) is 10.4. The van der Waals surface area contributed by atoms with Crippen LogP contribution in [0.25, 0.3) is 0 Å². The minimum atomic E-state index is -0.469. The van der Waals surface area contributed by atoms with Gasteiger partial charge in [-0.3, -0.25) is 4.90 Å². The monoisotopic (exact) mass is 238 g/mol. The topological polar surface area (TPSA) is 73.4 Å². The summed E-state index contributed by atoms with van der Waals surface area (Å²) in [6.45, 7) is 7.35. The number of hydrogen-bond acceptors (Lipinski definition) is 4. The Labute approximate surface area is 100 Å². The first-order chi connectivity index (χ1) is 7.85. The summed E-state index contributed by atoms with van der Waals surface area (Å²) >= 11 is 0. The Kier molecular flexibility index (Phi) is 2.73. The molecule has 1 aliphatic heterocycles. The lowest BCUT2D eigenvalue weighted by Gasteiger charge is -2.30. The van der Waals surface area contributed by atoms with Crippen LogP contribution in [0.5, 0.6) is 0 Å². The number of anilines is 1. The van der Waals surface area contributed by atoms with Crippen molar-refractivity contribution in [3.63, 3.8) is 0 Å².